The van der Waals surface area contributed by atoms with Gasteiger partial charge in [-0.15, -0.1) is 0 Å². The minimum absolute atomic E-state index is 0.768. The zero-order valence-corrected chi connectivity index (χ0v) is 15.6. The highest BCUT2D eigenvalue weighted by atomic mass is 32.1. The molecule has 0 aliphatic heterocycles. The average molecular weight is 335 g/mol. The van der Waals surface area contributed by atoms with E-state index >= 15 is 0 Å². The fraction of sp³-hybridized carbons (Fsp3) is 0.650. The van der Waals surface area contributed by atoms with Gasteiger partial charge in [0.05, 0.1) is 0 Å². The molecule has 0 spiro atoms. The first kappa shape index (κ1) is 20.0. The molecule has 0 saturated carbocycles. The van der Waals surface area contributed by atoms with Gasteiger partial charge in [-0.05, 0) is 24.2 Å². The molecule has 0 aliphatic rings. The molecule has 1 rings (SSSR count). The van der Waals surface area contributed by atoms with Gasteiger partial charge in [0.1, 0.15) is 0 Å². The second-order valence-corrected chi connectivity index (χ2v) is 6.69. The van der Waals surface area contributed by atoms with Gasteiger partial charge in [0, 0.05) is 13.1 Å². The van der Waals surface area contributed by atoms with Crippen molar-refractivity contribution in [1.82, 2.24) is 10.6 Å². The highest BCUT2D eigenvalue weighted by Gasteiger charge is 1.96. The molecule has 0 unspecified atom stereocenters. The Morgan fingerprint density at radius 3 is 1.96 bits per heavy atom. The van der Waals surface area contributed by atoms with E-state index < -0.39 is 0 Å². The molecule has 0 aliphatic carbocycles. The van der Waals surface area contributed by atoms with Crippen molar-refractivity contribution in [3.63, 3.8) is 0 Å². The quantitative estimate of drug-likeness (QED) is 0.364. The van der Waals surface area contributed by atoms with Gasteiger partial charge < -0.3 is 10.6 Å². The first-order valence-electron chi connectivity index (χ1n) is 9.38. The highest BCUT2D eigenvalue weighted by Crippen LogP contribution is 2.10. The summed E-state index contributed by atoms with van der Waals surface area (Å²) in [5.74, 6) is 0. The number of hydrogen-bond donors (Lipinski definition) is 2. The van der Waals surface area contributed by atoms with E-state index in [9.17, 15) is 0 Å². The lowest BCUT2D eigenvalue weighted by molar-refractivity contribution is 0.554. The van der Waals surface area contributed by atoms with Crippen LogP contribution in [0.3, 0.4) is 0 Å². The molecule has 0 atom stereocenters. The summed E-state index contributed by atoms with van der Waals surface area (Å²) in [5.41, 5.74) is 1.26. The van der Waals surface area contributed by atoms with E-state index in [-0.39, 0.29) is 0 Å². The van der Waals surface area contributed by atoms with Crippen molar-refractivity contribution in [1.29, 1.82) is 0 Å². The monoisotopic (exact) mass is 334 g/mol. The zero-order chi connectivity index (χ0) is 16.6. The van der Waals surface area contributed by atoms with E-state index in [1.165, 1.54) is 69.8 Å². The first-order chi connectivity index (χ1) is 11.3. The van der Waals surface area contributed by atoms with E-state index in [4.69, 9.17) is 12.2 Å². The van der Waals surface area contributed by atoms with E-state index in [0.29, 0.717) is 0 Å². The Kier molecular flexibility index (Phi) is 12.6. The summed E-state index contributed by atoms with van der Waals surface area (Å²) >= 11 is 5.30. The van der Waals surface area contributed by atoms with Gasteiger partial charge in [-0.3, -0.25) is 0 Å². The van der Waals surface area contributed by atoms with Crippen molar-refractivity contribution in [2.24, 2.45) is 0 Å². The second kappa shape index (κ2) is 14.5. The van der Waals surface area contributed by atoms with Gasteiger partial charge in [-0.2, -0.15) is 0 Å². The van der Waals surface area contributed by atoms with Crippen LogP contribution in [0.2, 0.25) is 0 Å². The summed E-state index contributed by atoms with van der Waals surface area (Å²) < 4.78 is 0. The first-order valence-corrected chi connectivity index (χ1v) is 9.79. The molecular weight excluding hydrogens is 300 g/mol. The minimum atomic E-state index is 0.768. The van der Waals surface area contributed by atoms with Crippen LogP contribution >= 0.6 is 12.2 Å². The third kappa shape index (κ3) is 12.1. The molecule has 2 N–H and O–H groups in total. The van der Waals surface area contributed by atoms with Crippen LogP contribution in [0.15, 0.2) is 30.3 Å². The largest absolute Gasteiger partial charge is 0.363 e. The van der Waals surface area contributed by atoms with Crippen LogP contribution in [-0.4, -0.2) is 11.7 Å². The standard InChI is InChI=1S/C20H34N2S/c1-2-3-4-5-6-7-8-9-10-14-17-21-20(23)22-18-19-15-12-11-13-16-19/h11-13,15-16H,2-10,14,17-18H2,1H3,(H2,21,22,23). The molecule has 0 aromatic heterocycles. The summed E-state index contributed by atoms with van der Waals surface area (Å²) in [6.45, 7) is 4.05. The van der Waals surface area contributed by atoms with Crippen molar-refractivity contribution in [2.45, 2.75) is 77.7 Å². The molecule has 1 aromatic rings. The van der Waals surface area contributed by atoms with Crippen LogP contribution in [-0.2, 0) is 6.54 Å². The van der Waals surface area contributed by atoms with Gasteiger partial charge >= 0.3 is 0 Å². The van der Waals surface area contributed by atoms with Crippen molar-refractivity contribution in [2.75, 3.05) is 6.54 Å². The predicted molar refractivity (Wildman–Crippen MR) is 106 cm³/mol. The average Bonchev–Trinajstić information content (AvgIpc) is 2.59. The Morgan fingerprint density at radius 1 is 0.783 bits per heavy atom. The minimum Gasteiger partial charge on any atom is -0.363 e. The SMILES string of the molecule is CCCCCCCCCCCCNC(=S)NCc1ccccc1. The number of unbranched alkanes of at least 4 members (excludes halogenated alkanes) is 9. The van der Waals surface area contributed by atoms with Gasteiger partial charge in [-0.1, -0.05) is 95.0 Å². The smallest absolute Gasteiger partial charge is 0.166 e. The Bertz CT molecular complexity index is 392. The maximum atomic E-state index is 5.30. The third-order valence-electron chi connectivity index (χ3n) is 4.11. The molecule has 0 heterocycles. The van der Waals surface area contributed by atoms with Crippen molar-refractivity contribution >= 4 is 17.3 Å². The molecule has 1 aromatic carbocycles. The molecule has 0 radical (unpaired) electrons. The van der Waals surface area contributed by atoms with Crippen molar-refractivity contribution in [3.05, 3.63) is 35.9 Å². The summed E-state index contributed by atoms with van der Waals surface area (Å²) in [6, 6.07) is 10.4. The fourth-order valence-electron chi connectivity index (χ4n) is 2.66. The maximum absolute atomic E-state index is 5.30. The van der Waals surface area contributed by atoms with E-state index in [1.54, 1.807) is 0 Å². The Morgan fingerprint density at radius 2 is 1.35 bits per heavy atom. The van der Waals surface area contributed by atoms with Gasteiger partial charge in [-0.25, -0.2) is 0 Å². The molecule has 0 amide bonds. The highest BCUT2D eigenvalue weighted by molar-refractivity contribution is 7.80. The summed E-state index contributed by atoms with van der Waals surface area (Å²) in [5, 5.41) is 7.32. The number of benzene rings is 1. The lowest BCUT2D eigenvalue weighted by Gasteiger charge is -2.10. The second-order valence-electron chi connectivity index (χ2n) is 6.28. The number of hydrogen-bond acceptors (Lipinski definition) is 1. The van der Waals surface area contributed by atoms with E-state index in [0.717, 1.165) is 18.2 Å². The van der Waals surface area contributed by atoms with Crippen LogP contribution < -0.4 is 10.6 Å². The summed E-state index contributed by atoms with van der Waals surface area (Å²) in [7, 11) is 0. The molecule has 2 nitrogen and oxygen atoms in total. The van der Waals surface area contributed by atoms with Gasteiger partial charge in [0.15, 0.2) is 5.11 Å². The molecule has 0 bridgehead atoms. The molecule has 0 saturated heterocycles. The molecular formula is C20H34N2S. The van der Waals surface area contributed by atoms with Crippen LogP contribution in [0.5, 0.6) is 0 Å². The third-order valence-corrected chi connectivity index (χ3v) is 4.40. The lowest BCUT2D eigenvalue weighted by Crippen LogP contribution is -2.35. The summed E-state index contributed by atoms with van der Waals surface area (Å²) in [4.78, 5) is 0. The van der Waals surface area contributed by atoms with E-state index in [2.05, 4.69) is 41.8 Å². The Hall–Kier alpha value is -1.09. The maximum Gasteiger partial charge on any atom is 0.166 e. The van der Waals surface area contributed by atoms with Crippen LogP contribution in [0.1, 0.15) is 76.7 Å². The van der Waals surface area contributed by atoms with Crippen LogP contribution in [0, 0.1) is 0 Å². The molecule has 23 heavy (non-hydrogen) atoms. The van der Waals surface area contributed by atoms with E-state index in [1.807, 2.05) is 6.07 Å². The zero-order valence-electron chi connectivity index (χ0n) is 14.8. The van der Waals surface area contributed by atoms with Crippen LogP contribution in [0.25, 0.3) is 0 Å². The number of rotatable bonds is 13. The molecule has 0 fully saturated rings. The number of thiocarbonyl (C=S) groups is 1. The van der Waals surface area contributed by atoms with Gasteiger partial charge in [0.25, 0.3) is 0 Å². The molecule has 3 heteroatoms. The normalized spacial score (nSPS) is 10.5. The predicted octanol–water partition coefficient (Wildman–Crippen LogP) is 5.57. The lowest BCUT2D eigenvalue weighted by atomic mass is 10.1. The molecule has 130 valence electrons. The van der Waals surface area contributed by atoms with Crippen LogP contribution in [0.4, 0.5) is 0 Å². The van der Waals surface area contributed by atoms with Crippen molar-refractivity contribution < 1.29 is 0 Å². The summed E-state index contributed by atoms with van der Waals surface area (Å²) in [6.07, 6.45) is 13.7. The van der Waals surface area contributed by atoms with Gasteiger partial charge in [0.2, 0.25) is 0 Å². The van der Waals surface area contributed by atoms with Crippen molar-refractivity contribution in [3.8, 4) is 0 Å². The Balaban J connectivity index is 1.84. The fourth-order valence-corrected chi connectivity index (χ4v) is 2.83. The topological polar surface area (TPSA) is 24.1 Å². The number of nitrogens with one attached hydrogen (secondary N) is 2. The Labute approximate surface area is 148 Å².